The standard InChI is InChI=1S/C17H26N2O3.C14H20N2O3/c1-17(2,3)13-11-18(12-13)14(20)7-5-4-6-10-19-15(21)8-9-16(19)22;1-14(2,3)10-8-15(9-10)11(17)6-7-16-12(18)4-5-13(16)19/h8-9,13H,4-7,10-12H2,1-3H3;4-5,10H,6-9H2,1-3H3. The molecule has 10 heteroatoms. The van der Waals surface area contributed by atoms with E-state index in [4.69, 9.17) is 0 Å². The van der Waals surface area contributed by atoms with Crippen molar-refractivity contribution in [3.63, 3.8) is 0 Å². The van der Waals surface area contributed by atoms with E-state index in [0.717, 1.165) is 50.3 Å². The fourth-order valence-electron chi connectivity index (χ4n) is 5.01. The van der Waals surface area contributed by atoms with Gasteiger partial charge in [0.1, 0.15) is 0 Å². The minimum atomic E-state index is -0.325. The number of hydrogen-bond donors (Lipinski definition) is 0. The molecule has 0 unspecified atom stereocenters. The van der Waals surface area contributed by atoms with Crippen LogP contribution in [0.2, 0.25) is 0 Å². The summed E-state index contributed by atoms with van der Waals surface area (Å²) in [4.78, 5) is 75.4. The van der Waals surface area contributed by atoms with E-state index < -0.39 is 0 Å². The van der Waals surface area contributed by atoms with Crippen LogP contribution in [0.25, 0.3) is 0 Å². The van der Waals surface area contributed by atoms with E-state index in [1.165, 1.54) is 29.2 Å². The normalized spacial score (nSPS) is 19.6. The van der Waals surface area contributed by atoms with Crippen molar-refractivity contribution >= 4 is 35.4 Å². The second-order valence-corrected chi connectivity index (χ2v) is 13.6. The lowest BCUT2D eigenvalue weighted by Gasteiger charge is -2.46. The smallest absolute Gasteiger partial charge is 0.253 e. The number of amides is 6. The number of unbranched alkanes of at least 4 members (excludes halogenated alkanes) is 2. The third-order valence-corrected chi connectivity index (χ3v) is 8.54. The molecule has 2 fully saturated rings. The maximum atomic E-state index is 12.0. The van der Waals surface area contributed by atoms with Crippen LogP contribution in [0.5, 0.6) is 0 Å². The topological polar surface area (TPSA) is 115 Å². The largest absolute Gasteiger partial charge is 0.342 e. The van der Waals surface area contributed by atoms with Gasteiger partial charge < -0.3 is 9.80 Å². The molecule has 0 radical (unpaired) electrons. The molecule has 2 saturated heterocycles. The first kappa shape index (κ1) is 32.2. The molecule has 41 heavy (non-hydrogen) atoms. The Balaban J connectivity index is 0.000000228. The first-order valence-corrected chi connectivity index (χ1v) is 14.7. The molecule has 4 rings (SSSR count). The Morgan fingerprint density at radius 3 is 1.34 bits per heavy atom. The van der Waals surface area contributed by atoms with Gasteiger partial charge in [-0.25, -0.2) is 0 Å². The molecule has 0 aromatic carbocycles. The number of nitrogens with zero attached hydrogens (tertiary/aromatic N) is 4. The van der Waals surface area contributed by atoms with Crippen LogP contribution in [0.15, 0.2) is 24.3 Å². The van der Waals surface area contributed by atoms with Crippen molar-refractivity contribution < 1.29 is 28.8 Å². The van der Waals surface area contributed by atoms with Crippen LogP contribution in [0.1, 0.15) is 73.6 Å². The lowest BCUT2D eigenvalue weighted by Crippen LogP contribution is -2.55. The Morgan fingerprint density at radius 2 is 0.951 bits per heavy atom. The monoisotopic (exact) mass is 570 g/mol. The minimum Gasteiger partial charge on any atom is -0.342 e. The van der Waals surface area contributed by atoms with Gasteiger partial charge in [0.05, 0.1) is 0 Å². The molecule has 0 saturated carbocycles. The van der Waals surface area contributed by atoms with Crippen molar-refractivity contribution in [3.8, 4) is 0 Å². The Labute approximate surface area is 243 Å². The minimum absolute atomic E-state index is 0.0213. The van der Waals surface area contributed by atoms with Crippen LogP contribution in [0, 0.1) is 22.7 Å². The molecule has 0 N–H and O–H groups in total. The van der Waals surface area contributed by atoms with Gasteiger partial charge in [-0.2, -0.15) is 0 Å². The van der Waals surface area contributed by atoms with Crippen LogP contribution in [0.4, 0.5) is 0 Å². The molecule has 4 aliphatic heterocycles. The summed E-state index contributed by atoms with van der Waals surface area (Å²) in [6, 6.07) is 0. The zero-order valence-corrected chi connectivity index (χ0v) is 25.5. The third-order valence-electron chi connectivity index (χ3n) is 8.54. The Morgan fingerprint density at radius 1 is 0.585 bits per heavy atom. The predicted octanol–water partition coefficient (Wildman–Crippen LogP) is 2.78. The number of rotatable bonds is 9. The van der Waals surface area contributed by atoms with Gasteiger partial charge in [-0.05, 0) is 35.5 Å². The van der Waals surface area contributed by atoms with Gasteiger partial charge in [-0.15, -0.1) is 0 Å². The number of carbonyl (C=O) groups excluding carboxylic acids is 6. The highest BCUT2D eigenvalue weighted by Gasteiger charge is 2.39. The lowest BCUT2D eigenvalue weighted by molar-refractivity contribution is -0.143. The average Bonchev–Trinajstić information content (AvgIpc) is 3.28. The molecule has 226 valence electrons. The van der Waals surface area contributed by atoms with Crippen molar-refractivity contribution in [1.82, 2.24) is 19.6 Å². The van der Waals surface area contributed by atoms with Crippen molar-refractivity contribution in [1.29, 1.82) is 0 Å². The SMILES string of the molecule is CC(C)(C)C1CN(C(=O)CCCCCN2C(=O)C=CC2=O)C1.CC(C)(C)C1CN(C(=O)CCN2C(=O)C=CC2=O)C1. The fraction of sp³-hybridized carbons (Fsp3) is 0.677. The molecule has 0 aliphatic carbocycles. The van der Waals surface area contributed by atoms with E-state index >= 15 is 0 Å². The van der Waals surface area contributed by atoms with Crippen molar-refractivity contribution in [2.45, 2.75) is 73.6 Å². The van der Waals surface area contributed by atoms with Crippen LogP contribution >= 0.6 is 0 Å². The van der Waals surface area contributed by atoms with Crippen LogP contribution in [-0.2, 0) is 28.8 Å². The van der Waals surface area contributed by atoms with Gasteiger partial charge in [0.15, 0.2) is 0 Å². The molecular weight excluding hydrogens is 524 g/mol. The highest BCUT2D eigenvalue weighted by molar-refractivity contribution is 6.13. The highest BCUT2D eigenvalue weighted by Crippen LogP contribution is 2.34. The summed E-state index contributed by atoms with van der Waals surface area (Å²) in [6.07, 6.45) is 8.32. The molecule has 4 aliphatic rings. The molecule has 10 nitrogen and oxygen atoms in total. The molecule has 0 spiro atoms. The second kappa shape index (κ2) is 13.1. The number of likely N-dealkylation sites (tertiary alicyclic amines) is 2. The van der Waals surface area contributed by atoms with E-state index in [0.29, 0.717) is 24.8 Å². The summed E-state index contributed by atoms with van der Waals surface area (Å²) >= 11 is 0. The van der Waals surface area contributed by atoms with E-state index in [1.54, 1.807) is 4.90 Å². The van der Waals surface area contributed by atoms with Gasteiger partial charge in [0.25, 0.3) is 23.6 Å². The first-order valence-electron chi connectivity index (χ1n) is 14.7. The molecule has 0 bridgehead atoms. The maximum absolute atomic E-state index is 12.0. The zero-order chi connectivity index (χ0) is 30.5. The maximum Gasteiger partial charge on any atom is 0.253 e. The molecule has 4 heterocycles. The molecule has 6 amide bonds. The summed E-state index contributed by atoms with van der Waals surface area (Å²) in [5, 5.41) is 0. The number of imide groups is 2. The zero-order valence-electron chi connectivity index (χ0n) is 25.5. The predicted molar refractivity (Wildman–Crippen MR) is 154 cm³/mol. The Hall–Kier alpha value is -3.30. The first-order chi connectivity index (χ1) is 19.1. The summed E-state index contributed by atoms with van der Waals surface area (Å²) in [5.41, 5.74) is 0.501. The van der Waals surface area contributed by atoms with Crippen molar-refractivity contribution in [3.05, 3.63) is 24.3 Å². The highest BCUT2D eigenvalue weighted by atomic mass is 16.2. The van der Waals surface area contributed by atoms with Gasteiger partial charge in [-0.3, -0.25) is 38.6 Å². The number of hydrogen-bond acceptors (Lipinski definition) is 6. The van der Waals surface area contributed by atoms with Gasteiger partial charge in [0, 0.05) is 76.4 Å². The van der Waals surface area contributed by atoms with Gasteiger partial charge >= 0.3 is 0 Å². The van der Waals surface area contributed by atoms with E-state index in [9.17, 15) is 28.8 Å². The quantitative estimate of drug-likeness (QED) is 0.311. The summed E-state index contributed by atoms with van der Waals surface area (Å²) in [5.74, 6) is 0.292. The van der Waals surface area contributed by atoms with Crippen LogP contribution < -0.4 is 0 Å². The van der Waals surface area contributed by atoms with Crippen molar-refractivity contribution in [2.24, 2.45) is 22.7 Å². The summed E-state index contributed by atoms with van der Waals surface area (Å²) in [7, 11) is 0. The Bertz CT molecular complexity index is 1060. The lowest BCUT2D eigenvalue weighted by atomic mass is 9.76. The molecule has 0 aromatic rings. The van der Waals surface area contributed by atoms with Crippen LogP contribution in [0.3, 0.4) is 0 Å². The van der Waals surface area contributed by atoms with Crippen LogP contribution in [-0.4, -0.2) is 94.3 Å². The fourth-order valence-corrected chi connectivity index (χ4v) is 5.01. The molecule has 0 atom stereocenters. The molecule has 0 aromatic heterocycles. The van der Waals surface area contributed by atoms with Crippen molar-refractivity contribution in [2.75, 3.05) is 39.3 Å². The molecular formula is C31H46N4O6. The third kappa shape index (κ3) is 8.60. The summed E-state index contributed by atoms with van der Waals surface area (Å²) in [6.45, 7) is 17.1. The summed E-state index contributed by atoms with van der Waals surface area (Å²) < 4.78 is 0. The number of carbonyl (C=O) groups is 6. The van der Waals surface area contributed by atoms with E-state index in [1.807, 2.05) is 4.90 Å². The van der Waals surface area contributed by atoms with Gasteiger partial charge in [-0.1, -0.05) is 48.0 Å². The van der Waals surface area contributed by atoms with E-state index in [2.05, 4.69) is 41.5 Å². The Kier molecular flexibility index (Phi) is 10.3. The van der Waals surface area contributed by atoms with Gasteiger partial charge in [0.2, 0.25) is 11.8 Å². The van der Waals surface area contributed by atoms with E-state index in [-0.39, 0.29) is 59.2 Å². The second-order valence-electron chi connectivity index (χ2n) is 13.6. The average molecular weight is 571 g/mol.